The van der Waals surface area contributed by atoms with Crippen LogP contribution in [0.3, 0.4) is 0 Å². The van der Waals surface area contributed by atoms with Gasteiger partial charge in [0.25, 0.3) is 0 Å². The number of hydrogen-bond acceptors (Lipinski definition) is 2. The maximum Gasteiger partial charge on any atom is 0.174 e. The summed E-state index contributed by atoms with van der Waals surface area (Å²) in [6.45, 7) is 0.666. The number of hydrogen-bond donors (Lipinski definition) is 1. The molecule has 1 heterocycles. The van der Waals surface area contributed by atoms with E-state index >= 15 is 0 Å². The normalized spacial score (nSPS) is 12.0. The first-order chi connectivity index (χ1) is 10.7. The van der Waals surface area contributed by atoms with Gasteiger partial charge in [-0.2, -0.15) is 5.10 Å². The third kappa shape index (κ3) is 3.64. The summed E-state index contributed by atoms with van der Waals surface area (Å²) in [6.07, 6.45) is 1.87. The molecule has 1 N–H and O–H groups in total. The van der Waals surface area contributed by atoms with Crippen LogP contribution in [-0.2, 0) is 17.5 Å². The maximum absolute atomic E-state index is 12.3. The highest BCUT2D eigenvalue weighted by atomic mass is 79.9. The Morgan fingerprint density at radius 2 is 1.68 bits per heavy atom. The topological polar surface area (TPSA) is 46.9 Å². The largest absolute Gasteiger partial charge is 0.283 e. The van der Waals surface area contributed by atoms with E-state index in [1.807, 2.05) is 71.5 Å². The minimum atomic E-state index is -1.33. The third-order valence-corrected chi connectivity index (χ3v) is 4.71. The standard InChI is InChI=1S/C16H14BrN3OS/c17-15-12-20(11-13-7-3-1-4-8-13)18-16(15)19-22(21)14-9-5-2-6-10-14/h1-10,12H,11H2,(H,18,19). The highest BCUT2D eigenvalue weighted by Crippen LogP contribution is 2.22. The first-order valence-electron chi connectivity index (χ1n) is 6.73. The quantitative estimate of drug-likeness (QED) is 0.736. The fourth-order valence-corrected chi connectivity index (χ4v) is 3.40. The van der Waals surface area contributed by atoms with Gasteiger partial charge in [-0.3, -0.25) is 9.40 Å². The van der Waals surface area contributed by atoms with Gasteiger partial charge in [-0.15, -0.1) is 0 Å². The van der Waals surface area contributed by atoms with Gasteiger partial charge in [-0.05, 0) is 33.6 Å². The van der Waals surface area contributed by atoms with E-state index in [2.05, 4.69) is 25.8 Å². The molecule has 4 nitrogen and oxygen atoms in total. The molecule has 2 aromatic carbocycles. The van der Waals surface area contributed by atoms with E-state index in [-0.39, 0.29) is 0 Å². The van der Waals surface area contributed by atoms with Gasteiger partial charge in [0.1, 0.15) is 0 Å². The second kappa shape index (κ2) is 6.89. The van der Waals surface area contributed by atoms with E-state index in [0.29, 0.717) is 17.3 Å². The van der Waals surface area contributed by atoms with Crippen LogP contribution in [0.2, 0.25) is 0 Å². The average molecular weight is 376 g/mol. The van der Waals surface area contributed by atoms with Gasteiger partial charge in [-0.1, -0.05) is 48.5 Å². The molecular formula is C16H14BrN3OS. The molecule has 112 valence electrons. The van der Waals surface area contributed by atoms with Crippen molar-refractivity contribution in [2.75, 3.05) is 4.72 Å². The first kappa shape index (κ1) is 15.0. The fraction of sp³-hybridized carbons (Fsp3) is 0.0625. The lowest BCUT2D eigenvalue weighted by Gasteiger charge is -2.04. The number of nitrogens with one attached hydrogen (secondary N) is 1. The van der Waals surface area contributed by atoms with Crippen molar-refractivity contribution in [2.45, 2.75) is 11.4 Å². The Balaban J connectivity index is 1.74. The highest BCUT2D eigenvalue weighted by Gasteiger charge is 2.10. The molecule has 0 aliphatic rings. The van der Waals surface area contributed by atoms with E-state index in [1.165, 1.54) is 0 Å². The summed E-state index contributed by atoms with van der Waals surface area (Å²) in [7, 11) is -1.33. The van der Waals surface area contributed by atoms with E-state index in [0.717, 1.165) is 10.0 Å². The molecule has 0 bridgehead atoms. The van der Waals surface area contributed by atoms with Crippen LogP contribution in [-0.4, -0.2) is 14.0 Å². The first-order valence-corrected chi connectivity index (χ1v) is 8.67. The van der Waals surface area contributed by atoms with Crippen molar-refractivity contribution >= 4 is 32.7 Å². The summed E-state index contributed by atoms with van der Waals surface area (Å²) in [5, 5.41) is 4.44. The highest BCUT2D eigenvalue weighted by molar-refractivity contribution is 9.10. The number of rotatable bonds is 5. The summed E-state index contributed by atoms with van der Waals surface area (Å²) in [5.74, 6) is 0.568. The molecule has 0 radical (unpaired) electrons. The van der Waals surface area contributed by atoms with Crippen LogP contribution in [0.5, 0.6) is 0 Å². The van der Waals surface area contributed by atoms with Gasteiger partial charge in [0.2, 0.25) is 0 Å². The van der Waals surface area contributed by atoms with Crippen LogP contribution >= 0.6 is 15.9 Å². The van der Waals surface area contributed by atoms with Gasteiger partial charge in [-0.25, -0.2) is 4.21 Å². The van der Waals surface area contributed by atoms with E-state index < -0.39 is 11.0 Å². The van der Waals surface area contributed by atoms with E-state index in [9.17, 15) is 4.21 Å². The minimum Gasteiger partial charge on any atom is -0.283 e. The van der Waals surface area contributed by atoms with E-state index in [1.54, 1.807) is 0 Å². The lowest BCUT2D eigenvalue weighted by atomic mass is 10.2. The zero-order valence-corrected chi connectivity index (χ0v) is 14.0. The summed E-state index contributed by atoms with van der Waals surface area (Å²) in [5.41, 5.74) is 1.16. The Hall–Kier alpha value is -1.92. The zero-order valence-electron chi connectivity index (χ0n) is 11.6. The SMILES string of the molecule is O=S(Nc1nn(Cc2ccccc2)cc1Br)c1ccccc1. The van der Waals surface area contributed by atoms with Crippen LogP contribution < -0.4 is 4.72 Å². The smallest absolute Gasteiger partial charge is 0.174 e. The number of nitrogens with zero attached hydrogens (tertiary/aromatic N) is 2. The van der Waals surface area contributed by atoms with Crippen LogP contribution in [0, 0.1) is 0 Å². The molecule has 0 saturated carbocycles. The lowest BCUT2D eigenvalue weighted by molar-refractivity contribution is 0.682. The number of benzene rings is 2. The van der Waals surface area contributed by atoms with Gasteiger partial charge in [0.05, 0.1) is 15.9 Å². The summed E-state index contributed by atoms with van der Waals surface area (Å²) < 4.78 is 17.8. The van der Waals surface area contributed by atoms with Crippen LogP contribution in [0.25, 0.3) is 0 Å². The maximum atomic E-state index is 12.3. The second-order valence-corrected chi connectivity index (χ2v) is 6.76. The molecule has 6 heteroatoms. The van der Waals surface area contributed by atoms with Crippen molar-refractivity contribution < 1.29 is 4.21 Å². The predicted octanol–water partition coefficient (Wildman–Crippen LogP) is 3.83. The molecule has 0 spiro atoms. The van der Waals surface area contributed by atoms with Crippen LogP contribution in [0.4, 0.5) is 5.82 Å². The monoisotopic (exact) mass is 375 g/mol. The molecule has 1 unspecified atom stereocenters. The van der Waals surface area contributed by atoms with Crippen molar-refractivity contribution in [3.8, 4) is 0 Å². The molecular weight excluding hydrogens is 362 g/mol. The third-order valence-electron chi connectivity index (χ3n) is 3.05. The summed E-state index contributed by atoms with van der Waals surface area (Å²) in [6, 6.07) is 19.3. The Labute approximate surface area is 139 Å². The molecule has 0 amide bonds. The van der Waals surface area contributed by atoms with Gasteiger partial charge >= 0.3 is 0 Å². The van der Waals surface area contributed by atoms with Crippen molar-refractivity contribution in [2.24, 2.45) is 0 Å². The summed E-state index contributed by atoms with van der Waals surface area (Å²) >= 11 is 3.45. The molecule has 22 heavy (non-hydrogen) atoms. The molecule has 1 aromatic heterocycles. The molecule has 0 aliphatic heterocycles. The number of anilines is 1. The fourth-order valence-electron chi connectivity index (χ4n) is 2.01. The lowest BCUT2D eigenvalue weighted by Crippen LogP contribution is -2.07. The summed E-state index contributed by atoms with van der Waals surface area (Å²) in [4.78, 5) is 0.715. The van der Waals surface area contributed by atoms with Crippen molar-refractivity contribution in [3.63, 3.8) is 0 Å². The minimum absolute atomic E-state index is 0.568. The van der Waals surface area contributed by atoms with Gasteiger partial charge in [0, 0.05) is 6.20 Å². The predicted molar refractivity (Wildman–Crippen MR) is 91.9 cm³/mol. The average Bonchev–Trinajstić information content (AvgIpc) is 2.88. The van der Waals surface area contributed by atoms with Crippen molar-refractivity contribution in [1.82, 2.24) is 9.78 Å². The molecule has 1 atom stereocenters. The van der Waals surface area contributed by atoms with Crippen LogP contribution in [0.15, 0.2) is 76.2 Å². The van der Waals surface area contributed by atoms with Crippen LogP contribution in [0.1, 0.15) is 5.56 Å². The second-order valence-electron chi connectivity index (χ2n) is 4.69. The van der Waals surface area contributed by atoms with Crippen molar-refractivity contribution in [3.05, 3.63) is 76.9 Å². The molecule has 0 aliphatic carbocycles. The van der Waals surface area contributed by atoms with E-state index in [4.69, 9.17) is 0 Å². The Morgan fingerprint density at radius 3 is 2.36 bits per heavy atom. The zero-order chi connectivity index (χ0) is 15.4. The molecule has 0 saturated heterocycles. The van der Waals surface area contributed by atoms with Crippen molar-refractivity contribution in [1.29, 1.82) is 0 Å². The Bertz CT molecular complexity index is 775. The number of aromatic nitrogens is 2. The Morgan fingerprint density at radius 1 is 1.05 bits per heavy atom. The van der Waals surface area contributed by atoms with Gasteiger partial charge in [0.15, 0.2) is 16.8 Å². The molecule has 0 fully saturated rings. The Kier molecular flexibility index (Phi) is 4.70. The van der Waals surface area contributed by atoms with Gasteiger partial charge < -0.3 is 0 Å². The number of halogens is 1. The molecule has 3 rings (SSSR count). The molecule has 3 aromatic rings.